The number of benzene rings is 1. The van der Waals surface area contributed by atoms with Crippen molar-refractivity contribution in [3.8, 4) is 11.3 Å². The molecule has 3 nitrogen and oxygen atoms in total. The molecule has 0 aliphatic heterocycles. The monoisotopic (exact) mass is 376 g/mol. The van der Waals surface area contributed by atoms with Crippen LogP contribution in [0.15, 0.2) is 51.6 Å². The predicted molar refractivity (Wildman–Crippen MR) is 107 cm³/mol. The maximum Gasteiger partial charge on any atom is 0.146 e. The van der Waals surface area contributed by atoms with Crippen LogP contribution >= 0.6 is 23.2 Å². The minimum Gasteiger partial charge on any atom is -0.360 e. The lowest BCUT2D eigenvalue weighted by atomic mass is 9.86. The Bertz CT molecular complexity index is 827. The number of nitrogens with zero attached hydrogens (tertiary/aromatic N) is 2. The second kappa shape index (κ2) is 8.03. The molecule has 0 amide bonds. The molecule has 0 aliphatic carbocycles. The number of halogens is 2. The number of aromatic nitrogens is 1. The van der Waals surface area contributed by atoms with Gasteiger partial charge < -0.3 is 4.52 Å². The van der Waals surface area contributed by atoms with Crippen LogP contribution in [0.3, 0.4) is 0 Å². The Morgan fingerprint density at radius 2 is 2.04 bits per heavy atom. The van der Waals surface area contributed by atoms with Gasteiger partial charge in [-0.05, 0) is 37.4 Å². The molecule has 0 spiro atoms. The lowest BCUT2D eigenvalue weighted by molar-refractivity contribution is 0.328. The van der Waals surface area contributed by atoms with E-state index < -0.39 is 0 Å². The summed E-state index contributed by atoms with van der Waals surface area (Å²) >= 11 is 12.4. The Morgan fingerprint density at radius 3 is 2.60 bits per heavy atom. The van der Waals surface area contributed by atoms with Crippen molar-refractivity contribution in [2.45, 2.75) is 39.5 Å². The molecule has 0 unspecified atom stereocenters. The zero-order valence-electron chi connectivity index (χ0n) is 14.9. The summed E-state index contributed by atoms with van der Waals surface area (Å²) in [5.74, 6) is 0.827. The van der Waals surface area contributed by atoms with Crippen LogP contribution in [0.4, 0.5) is 0 Å². The summed E-state index contributed by atoms with van der Waals surface area (Å²) in [4.78, 5) is 3.90. The predicted octanol–water partition coefficient (Wildman–Crippen LogP) is 6.65. The molecule has 0 saturated carbocycles. The Balaban J connectivity index is 2.64. The van der Waals surface area contributed by atoms with Crippen molar-refractivity contribution in [2.75, 3.05) is 0 Å². The molecule has 0 saturated heterocycles. The lowest BCUT2D eigenvalue weighted by Gasteiger charge is -2.17. The summed E-state index contributed by atoms with van der Waals surface area (Å²) < 4.78 is 5.72. The summed E-state index contributed by atoms with van der Waals surface area (Å²) in [6, 6.07) is 5.37. The highest BCUT2D eigenvalue weighted by Gasteiger charge is 2.28. The first-order valence-corrected chi connectivity index (χ1v) is 8.75. The van der Waals surface area contributed by atoms with E-state index in [9.17, 15) is 0 Å². The summed E-state index contributed by atoms with van der Waals surface area (Å²) in [6.07, 6.45) is 6.33. The van der Waals surface area contributed by atoms with Gasteiger partial charge in [-0.3, -0.25) is 4.99 Å². The molecular weight excluding hydrogens is 355 g/mol. The molecule has 1 heterocycles. The van der Waals surface area contributed by atoms with Crippen LogP contribution in [-0.2, 0) is 11.8 Å². The molecule has 0 fully saturated rings. The average molecular weight is 377 g/mol. The van der Waals surface area contributed by atoms with Gasteiger partial charge in [-0.15, -0.1) is 0 Å². The highest BCUT2D eigenvalue weighted by Crippen LogP contribution is 2.38. The number of hydrogen-bond donors (Lipinski definition) is 0. The van der Waals surface area contributed by atoms with Crippen molar-refractivity contribution in [1.82, 2.24) is 5.16 Å². The lowest BCUT2D eigenvalue weighted by Crippen LogP contribution is -2.13. The first kappa shape index (κ1) is 19.5. The van der Waals surface area contributed by atoms with Gasteiger partial charge >= 0.3 is 0 Å². The summed E-state index contributed by atoms with van der Waals surface area (Å²) in [6.45, 7) is 11.8. The van der Waals surface area contributed by atoms with Gasteiger partial charge in [0.2, 0.25) is 0 Å². The zero-order valence-corrected chi connectivity index (χ0v) is 16.4. The minimum atomic E-state index is -0.192. The highest BCUT2D eigenvalue weighted by molar-refractivity contribution is 6.36. The van der Waals surface area contributed by atoms with Crippen molar-refractivity contribution in [1.29, 1.82) is 0 Å². The molecule has 2 aromatic rings. The van der Waals surface area contributed by atoms with Gasteiger partial charge in [-0.2, -0.15) is 0 Å². The van der Waals surface area contributed by atoms with E-state index in [-0.39, 0.29) is 5.41 Å². The second-order valence-corrected chi connectivity index (χ2v) is 7.62. The fourth-order valence-corrected chi connectivity index (χ4v) is 3.14. The summed E-state index contributed by atoms with van der Waals surface area (Å²) in [5.41, 5.74) is 3.34. The van der Waals surface area contributed by atoms with Crippen LogP contribution in [0.25, 0.3) is 11.3 Å². The number of aliphatic imine (C=N–C) groups is 1. The maximum absolute atomic E-state index is 6.40. The third-order valence-corrected chi connectivity index (χ3v) is 4.22. The minimum absolute atomic E-state index is 0.192. The van der Waals surface area contributed by atoms with Crippen molar-refractivity contribution in [3.63, 3.8) is 0 Å². The molecule has 132 valence electrons. The van der Waals surface area contributed by atoms with E-state index in [1.165, 1.54) is 0 Å². The third-order valence-electron chi connectivity index (χ3n) is 3.67. The molecule has 0 radical (unpaired) electrons. The first-order valence-electron chi connectivity index (χ1n) is 8.00. The Hall–Kier alpha value is -1.84. The number of rotatable bonds is 5. The smallest absolute Gasteiger partial charge is 0.146 e. The van der Waals surface area contributed by atoms with Crippen LogP contribution in [0.5, 0.6) is 0 Å². The first-order chi connectivity index (χ1) is 11.8. The SMILES string of the molecule is C=N/C=C(\C=C/C)Cc1c(-c2ccc(Cl)cc2Cl)noc1C(C)(C)C. The van der Waals surface area contributed by atoms with Crippen molar-refractivity contribution in [2.24, 2.45) is 4.99 Å². The van der Waals surface area contributed by atoms with E-state index in [0.717, 1.165) is 28.2 Å². The highest BCUT2D eigenvalue weighted by atomic mass is 35.5. The fraction of sp³-hybridized carbons (Fsp3) is 0.300. The Morgan fingerprint density at radius 1 is 1.32 bits per heavy atom. The standard InChI is InChI=1S/C20H22Cl2N2O/c1-6-7-13(12-23-5)10-16-18(24-25-19(16)20(2,3)4)15-9-8-14(21)11-17(15)22/h6-9,11-12H,5,10H2,1-4H3/b7-6-,13-12+. The van der Waals surface area contributed by atoms with Crippen LogP contribution in [0.2, 0.25) is 10.0 Å². The summed E-state index contributed by atoms with van der Waals surface area (Å²) in [5, 5.41) is 5.44. The molecule has 1 aromatic heterocycles. The van der Waals surface area contributed by atoms with E-state index in [0.29, 0.717) is 16.5 Å². The fourth-order valence-electron chi connectivity index (χ4n) is 2.64. The van der Waals surface area contributed by atoms with E-state index in [4.69, 9.17) is 27.7 Å². The van der Waals surface area contributed by atoms with Gasteiger partial charge in [-0.25, -0.2) is 0 Å². The van der Waals surface area contributed by atoms with Gasteiger partial charge in [0.1, 0.15) is 11.5 Å². The van der Waals surface area contributed by atoms with Crippen LogP contribution < -0.4 is 0 Å². The molecular formula is C20H22Cl2N2O. The van der Waals surface area contributed by atoms with E-state index in [1.54, 1.807) is 18.3 Å². The van der Waals surface area contributed by atoms with Crippen LogP contribution in [0, 0.1) is 0 Å². The zero-order chi connectivity index (χ0) is 18.6. The molecule has 5 heteroatoms. The Labute approximate surface area is 159 Å². The normalized spacial score (nSPS) is 12.8. The Kier molecular flexibility index (Phi) is 6.26. The van der Waals surface area contributed by atoms with Crippen molar-refractivity contribution < 1.29 is 4.52 Å². The third kappa shape index (κ3) is 4.62. The average Bonchev–Trinajstić information content (AvgIpc) is 2.91. The topological polar surface area (TPSA) is 38.4 Å². The van der Waals surface area contributed by atoms with Gasteiger partial charge in [0, 0.05) is 34.2 Å². The van der Waals surface area contributed by atoms with Gasteiger partial charge in [0.25, 0.3) is 0 Å². The molecule has 0 bridgehead atoms. The molecule has 0 aliphatic rings. The van der Waals surface area contributed by atoms with Gasteiger partial charge in [0.15, 0.2) is 0 Å². The molecule has 1 aromatic carbocycles. The van der Waals surface area contributed by atoms with Crippen LogP contribution in [-0.4, -0.2) is 11.9 Å². The number of allylic oxidation sites excluding steroid dienone is 3. The molecule has 0 atom stereocenters. The van der Waals surface area contributed by atoms with E-state index in [1.807, 2.05) is 25.1 Å². The molecule has 0 N–H and O–H groups in total. The maximum atomic E-state index is 6.40. The van der Waals surface area contributed by atoms with Gasteiger partial charge in [-0.1, -0.05) is 61.3 Å². The summed E-state index contributed by atoms with van der Waals surface area (Å²) in [7, 11) is 0. The van der Waals surface area contributed by atoms with Gasteiger partial charge in [0.05, 0.1) is 5.02 Å². The molecule has 2 rings (SSSR count). The molecule has 25 heavy (non-hydrogen) atoms. The van der Waals surface area contributed by atoms with Crippen LogP contribution in [0.1, 0.15) is 39.0 Å². The van der Waals surface area contributed by atoms with Crippen molar-refractivity contribution in [3.05, 3.63) is 63.5 Å². The van der Waals surface area contributed by atoms with Crippen molar-refractivity contribution >= 4 is 29.9 Å². The van der Waals surface area contributed by atoms with E-state index in [2.05, 4.69) is 37.6 Å². The largest absolute Gasteiger partial charge is 0.360 e. The quantitative estimate of drug-likeness (QED) is 0.432. The second-order valence-electron chi connectivity index (χ2n) is 6.78. The number of hydrogen-bond acceptors (Lipinski definition) is 3. The van der Waals surface area contributed by atoms with E-state index >= 15 is 0 Å².